The summed E-state index contributed by atoms with van der Waals surface area (Å²) in [5, 5.41) is 15.4. The van der Waals surface area contributed by atoms with Crippen molar-refractivity contribution in [2.75, 3.05) is 6.54 Å². The van der Waals surface area contributed by atoms with Gasteiger partial charge in [-0.2, -0.15) is 5.10 Å². The standard InChI is InChI=1S/C14H15N3O2/c18-14(19)13-12(7-15-16-13)9-17-6-5-10-3-1-2-4-11(10)8-17/h1-4,7H,5-6,8-9H2,(H,15,16)(H,18,19). The summed E-state index contributed by atoms with van der Waals surface area (Å²) in [7, 11) is 0. The van der Waals surface area contributed by atoms with Crippen LogP contribution in [0.1, 0.15) is 27.2 Å². The summed E-state index contributed by atoms with van der Waals surface area (Å²) in [5.74, 6) is -0.954. The van der Waals surface area contributed by atoms with E-state index in [-0.39, 0.29) is 5.69 Å². The van der Waals surface area contributed by atoms with Crippen molar-refractivity contribution in [3.05, 3.63) is 52.8 Å². The maximum absolute atomic E-state index is 11.0. The molecule has 3 rings (SSSR count). The molecule has 0 spiro atoms. The highest BCUT2D eigenvalue weighted by atomic mass is 16.4. The van der Waals surface area contributed by atoms with Gasteiger partial charge in [-0.15, -0.1) is 0 Å². The van der Waals surface area contributed by atoms with Crippen molar-refractivity contribution in [2.24, 2.45) is 0 Å². The number of aromatic nitrogens is 2. The molecule has 0 amide bonds. The Morgan fingerprint density at radius 2 is 2.16 bits per heavy atom. The normalized spacial score (nSPS) is 15.2. The maximum atomic E-state index is 11.0. The number of nitrogens with one attached hydrogen (secondary N) is 1. The molecule has 0 unspecified atom stereocenters. The number of aromatic amines is 1. The van der Waals surface area contributed by atoms with Gasteiger partial charge in [0.2, 0.25) is 0 Å². The van der Waals surface area contributed by atoms with Crippen LogP contribution >= 0.6 is 0 Å². The van der Waals surface area contributed by atoms with E-state index in [4.69, 9.17) is 5.11 Å². The number of H-pyrrole nitrogens is 1. The number of carboxylic acids is 1. The first-order chi connectivity index (χ1) is 9.24. The summed E-state index contributed by atoms with van der Waals surface area (Å²) in [5.41, 5.74) is 3.66. The van der Waals surface area contributed by atoms with Crippen LogP contribution in [-0.4, -0.2) is 32.7 Å². The lowest BCUT2D eigenvalue weighted by Crippen LogP contribution is -2.30. The number of carboxylic acid groups (broad SMARTS) is 1. The first kappa shape index (κ1) is 11.9. The SMILES string of the molecule is O=C(O)c1[nH]ncc1CN1CCc2ccccc2C1. The molecular weight excluding hydrogens is 242 g/mol. The van der Waals surface area contributed by atoms with E-state index in [9.17, 15) is 4.79 Å². The van der Waals surface area contributed by atoms with Crippen LogP contribution in [0, 0.1) is 0 Å². The van der Waals surface area contributed by atoms with Crippen LogP contribution in [0.5, 0.6) is 0 Å². The van der Waals surface area contributed by atoms with Crippen LogP contribution in [0.3, 0.4) is 0 Å². The lowest BCUT2D eigenvalue weighted by Gasteiger charge is -2.28. The summed E-state index contributed by atoms with van der Waals surface area (Å²) in [6.07, 6.45) is 2.61. The molecule has 2 N–H and O–H groups in total. The predicted octanol–water partition coefficient (Wildman–Crippen LogP) is 1.67. The highest BCUT2D eigenvalue weighted by Crippen LogP contribution is 2.20. The minimum absolute atomic E-state index is 0.193. The predicted molar refractivity (Wildman–Crippen MR) is 69.8 cm³/mol. The van der Waals surface area contributed by atoms with E-state index >= 15 is 0 Å². The molecular formula is C14H15N3O2. The second-order valence-corrected chi connectivity index (χ2v) is 4.80. The number of nitrogens with zero attached hydrogens (tertiary/aromatic N) is 2. The molecule has 1 aliphatic heterocycles. The molecule has 5 nitrogen and oxygen atoms in total. The molecule has 0 fully saturated rings. The summed E-state index contributed by atoms with van der Waals surface area (Å²) in [6, 6.07) is 8.40. The van der Waals surface area contributed by atoms with E-state index in [0.717, 1.165) is 25.1 Å². The lowest BCUT2D eigenvalue weighted by atomic mass is 9.99. The Labute approximate surface area is 110 Å². The van der Waals surface area contributed by atoms with Gasteiger partial charge >= 0.3 is 5.97 Å². The summed E-state index contributed by atoms with van der Waals surface area (Å²) in [4.78, 5) is 13.3. The molecule has 98 valence electrons. The Morgan fingerprint density at radius 1 is 1.37 bits per heavy atom. The molecule has 0 bridgehead atoms. The highest BCUT2D eigenvalue weighted by molar-refractivity contribution is 5.86. The summed E-state index contributed by atoms with van der Waals surface area (Å²) >= 11 is 0. The number of hydrogen-bond donors (Lipinski definition) is 2. The van der Waals surface area contributed by atoms with Gasteiger partial charge in [-0.25, -0.2) is 4.79 Å². The van der Waals surface area contributed by atoms with Gasteiger partial charge in [-0.05, 0) is 17.5 Å². The third-order valence-electron chi connectivity index (χ3n) is 3.54. The zero-order valence-corrected chi connectivity index (χ0v) is 10.5. The molecule has 0 aliphatic carbocycles. The smallest absolute Gasteiger partial charge is 0.354 e. The zero-order valence-electron chi connectivity index (χ0n) is 10.5. The molecule has 1 aliphatic rings. The first-order valence-corrected chi connectivity index (χ1v) is 6.28. The summed E-state index contributed by atoms with van der Waals surface area (Å²) in [6.45, 7) is 2.42. The number of carbonyl (C=O) groups is 1. The van der Waals surface area contributed by atoms with Gasteiger partial charge in [0.05, 0.1) is 6.20 Å². The van der Waals surface area contributed by atoms with Crippen molar-refractivity contribution >= 4 is 5.97 Å². The third-order valence-corrected chi connectivity index (χ3v) is 3.54. The first-order valence-electron chi connectivity index (χ1n) is 6.28. The van der Waals surface area contributed by atoms with Gasteiger partial charge in [0, 0.05) is 25.2 Å². The van der Waals surface area contributed by atoms with Crippen LogP contribution in [0.2, 0.25) is 0 Å². The van der Waals surface area contributed by atoms with E-state index in [1.165, 1.54) is 11.1 Å². The fourth-order valence-electron chi connectivity index (χ4n) is 2.55. The molecule has 2 aromatic rings. The number of hydrogen-bond acceptors (Lipinski definition) is 3. The number of aromatic carboxylic acids is 1. The van der Waals surface area contributed by atoms with E-state index in [2.05, 4.69) is 33.3 Å². The maximum Gasteiger partial charge on any atom is 0.354 e. The molecule has 0 atom stereocenters. The van der Waals surface area contributed by atoms with Crippen molar-refractivity contribution in [1.82, 2.24) is 15.1 Å². The fourth-order valence-corrected chi connectivity index (χ4v) is 2.55. The Balaban J connectivity index is 1.76. The van der Waals surface area contributed by atoms with E-state index < -0.39 is 5.97 Å². The van der Waals surface area contributed by atoms with Crippen molar-refractivity contribution in [3.63, 3.8) is 0 Å². The molecule has 0 saturated carbocycles. The molecule has 0 radical (unpaired) electrons. The van der Waals surface area contributed by atoms with Crippen molar-refractivity contribution < 1.29 is 9.90 Å². The molecule has 19 heavy (non-hydrogen) atoms. The second-order valence-electron chi connectivity index (χ2n) is 4.80. The van der Waals surface area contributed by atoms with Gasteiger partial charge in [0.1, 0.15) is 5.69 Å². The third kappa shape index (κ3) is 2.37. The Bertz CT molecular complexity index is 606. The summed E-state index contributed by atoms with van der Waals surface area (Å²) < 4.78 is 0. The van der Waals surface area contributed by atoms with Crippen LogP contribution in [0.25, 0.3) is 0 Å². The van der Waals surface area contributed by atoms with Crippen molar-refractivity contribution in [1.29, 1.82) is 0 Å². The van der Waals surface area contributed by atoms with Crippen LogP contribution < -0.4 is 0 Å². The number of rotatable bonds is 3. The molecule has 0 saturated heterocycles. The average molecular weight is 257 g/mol. The van der Waals surface area contributed by atoms with E-state index in [0.29, 0.717) is 6.54 Å². The largest absolute Gasteiger partial charge is 0.477 e. The minimum Gasteiger partial charge on any atom is -0.477 e. The fraction of sp³-hybridized carbons (Fsp3) is 0.286. The van der Waals surface area contributed by atoms with Crippen LogP contribution in [0.15, 0.2) is 30.5 Å². The Kier molecular flexibility index (Phi) is 3.05. The van der Waals surface area contributed by atoms with Gasteiger partial charge in [-0.3, -0.25) is 10.00 Å². The second kappa shape index (κ2) is 4.85. The minimum atomic E-state index is -0.954. The molecule has 1 aromatic heterocycles. The highest BCUT2D eigenvalue weighted by Gasteiger charge is 2.19. The molecule has 5 heteroatoms. The van der Waals surface area contributed by atoms with E-state index in [1.807, 2.05) is 6.07 Å². The topological polar surface area (TPSA) is 69.2 Å². The lowest BCUT2D eigenvalue weighted by molar-refractivity contribution is 0.0688. The van der Waals surface area contributed by atoms with Crippen molar-refractivity contribution in [2.45, 2.75) is 19.5 Å². The average Bonchev–Trinajstić information content (AvgIpc) is 2.87. The van der Waals surface area contributed by atoms with Crippen LogP contribution in [-0.2, 0) is 19.5 Å². The zero-order chi connectivity index (χ0) is 13.2. The molecule has 2 heterocycles. The number of benzene rings is 1. The van der Waals surface area contributed by atoms with Gasteiger partial charge in [-0.1, -0.05) is 24.3 Å². The van der Waals surface area contributed by atoms with E-state index in [1.54, 1.807) is 6.20 Å². The van der Waals surface area contributed by atoms with Gasteiger partial charge < -0.3 is 5.11 Å². The van der Waals surface area contributed by atoms with Crippen LogP contribution in [0.4, 0.5) is 0 Å². The van der Waals surface area contributed by atoms with Crippen molar-refractivity contribution in [3.8, 4) is 0 Å². The Morgan fingerprint density at radius 3 is 2.95 bits per heavy atom. The van der Waals surface area contributed by atoms with Gasteiger partial charge in [0.15, 0.2) is 0 Å². The number of fused-ring (bicyclic) bond motifs is 1. The Hall–Kier alpha value is -2.14. The monoisotopic (exact) mass is 257 g/mol. The van der Waals surface area contributed by atoms with Gasteiger partial charge in [0.25, 0.3) is 0 Å². The molecule has 1 aromatic carbocycles. The quantitative estimate of drug-likeness (QED) is 0.877.